The van der Waals surface area contributed by atoms with E-state index in [1.54, 1.807) is 6.92 Å². The maximum absolute atomic E-state index is 13.7. The van der Waals surface area contributed by atoms with Crippen LogP contribution in [0.5, 0.6) is 0 Å². The number of carbonyl (C=O) groups is 1. The molecule has 19 heavy (non-hydrogen) atoms. The molecular weight excluding hydrogens is 258 g/mol. The normalized spacial score (nSPS) is 12.4. The van der Waals surface area contributed by atoms with E-state index in [2.05, 4.69) is 15.5 Å². The topological polar surface area (TPSA) is 80.9 Å². The summed E-state index contributed by atoms with van der Waals surface area (Å²) in [4.78, 5) is 10.7. The van der Waals surface area contributed by atoms with Crippen molar-refractivity contribution in [2.24, 2.45) is 0 Å². The fourth-order valence-corrected chi connectivity index (χ4v) is 1.68. The van der Waals surface area contributed by atoms with Gasteiger partial charge in [-0.15, -0.1) is 5.10 Å². The molecule has 0 aliphatic carbocycles. The molecule has 1 N–H and O–H groups in total. The Morgan fingerprint density at radius 1 is 1.47 bits per heavy atom. The Kier molecular flexibility index (Phi) is 3.50. The van der Waals surface area contributed by atoms with Gasteiger partial charge in [0.15, 0.2) is 17.5 Å². The Balaban J connectivity index is 2.44. The molecule has 8 heteroatoms. The zero-order valence-corrected chi connectivity index (χ0v) is 9.92. The summed E-state index contributed by atoms with van der Waals surface area (Å²) in [7, 11) is 0. The predicted molar refractivity (Wildman–Crippen MR) is 60.1 cm³/mol. The summed E-state index contributed by atoms with van der Waals surface area (Å²) >= 11 is 0. The minimum absolute atomic E-state index is 0.00856. The second-order valence-corrected chi connectivity index (χ2v) is 4.00. The predicted octanol–water partition coefficient (Wildman–Crippen LogP) is 1.65. The van der Waals surface area contributed by atoms with Crippen molar-refractivity contribution in [1.29, 1.82) is 0 Å². The average molecular weight is 268 g/mol. The number of rotatable bonds is 4. The van der Waals surface area contributed by atoms with Gasteiger partial charge in [0.1, 0.15) is 0 Å². The standard InChI is InChI=1S/C11H10F2N4O2/c1-6(5-9(18)19)17-11(14-15-16-17)7-3-2-4-8(12)10(7)13/h2-4,6H,5H2,1H3,(H,18,19). The quantitative estimate of drug-likeness (QED) is 0.911. The SMILES string of the molecule is CC(CC(=O)O)n1nnnc1-c1cccc(F)c1F. The van der Waals surface area contributed by atoms with Gasteiger partial charge in [-0.2, -0.15) is 0 Å². The van der Waals surface area contributed by atoms with E-state index in [0.29, 0.717) is 0 Å². The van der Waals surface area contributed by atoms with Crippen molar-refractivity contribution >= 4 is 5.97 Å². The van der Waals surface area contributed by atoms with Crippen LogP contribution in [0.2, 0.25) is 0 Å². The number of tetrazole rings is 1. The third-order valence-electron chi connectivity index (χ3n) is 2.57. The van der Waals surface area contributed by atoms with Crippen LogP contribution in [0.15, 0.2) is 18.2 Å². The van der Waals surface area contributed by atoms with Crippen LogP contribution >= 0.6 is 0 Å². The third-order valence-corrected chi connectivity index (χ3v) is 2.57. The molecule has 0 saturated heterocycles. The highest BCUT2D eigenvalue weighted by molar-refractivity contribution is 5.67. The first-order valence-corrected chi connectivity index (χ1v) is 5.44. The maximum Gasteiger partial charge on any atom is 0.305 e. The highest BCUT2D eigenvalue weighted by Gasteiger charge is 2.20. The van der Waals surface area contributed by atoms with Crippen LogP contribution in [-0.2, 0) is 4.79 Å². The number of carboxylic acids is 1. The van der Waals surface area contributed by atoms with E-state index in [0.717, 1.165) is 10.7 Å². The molecule has 0 aliphatic heterocycles. The fourth-order valence-electron chi connectivity index (χ4n) is 1.68. The molecule has 0 fully saturated rings. The molecule has 100 valence electrons. The number of aromatic nitrogens is 4. The van der Waals surface area contributed by atoms with E-state index >= 15 is 0 Å². The van der Waals surface area contributed by atoms with E-state index < -0.39 is 23.6 Å². The summed E-state index contributed by atoms with van der Waals surface area (Å²) in [5.74, 6) is -3.13. The second-order valence-electron chi connectivity index (χ2n) is 4.00. The Labute approximate surface area is 106 Å². The van der Waals surface area contributed by atoms with Crippen LogP contribution in [0, 0.1) is 11.6 Å². The van der Waals surface area contributed by atoms with Gasteiger partial charge in [-0.1, -0.05) is 6.07 Å². The van der Waals surface area contributed by atoms with Gasteiger partial charge in [0.05, 0.1) is 18.0 Å². The summed E-state index contributed by atoms with van der Waals surface area (Å²) in [6.45, 7) is 1.57. The van der Waals surface area contributed by atoms with Crippen LogP contribution < -0.4 is 0 Å². The lowest BCUT2D eigenvalue weighted by molar-refractivity contribution is -0.137. The van der Waals surface area contributed by atoms with Crippen LogP contribution in [-0.4, -0.2) is 31.3 Å². The first-order chi connectivity index (χ1) is 9.00. The van der Waals surface area contributed by atoms with Crippen molar-refractivity contribution < 1.29 is 18.7 Å². The molecule has 1 atom stereocenters. The molecule has 0 bridgehead atoms. The first-order valence-electron chi connectivity index (χ1n) is 5.44. The number of aliphatic carboxylic acids is 1. The number of carboxylic acid groups (broad SMARTS) is 1. The van der Waals surface area contributed by atoms with Gasteiger partial charge in [-0.25, -0.2) is 13.5 Å². The Morgan fingerprint density at radius 3 is 2.89 bits per heavy atom. The van der Waals surface area contributed by atoms with Gasteiger partial charge in [0, 0.05) is 0 Å². The average Bonchev–Trinajstić information content (AvgIpc) is 2.80. The molecule has 0 aliphatic rings. The van der Waals surface area contributed by atoms with Crippen molar-refractivity contribution in [3.05, 3.63) is 29.8 Å². The van der Waals surface area contributed by atoms with Gasteiger partial charge in [0.25, 0.3) is 0 Å². The minimum Gasteiger partial charge on any atom is -0.481 e. The van der Waals surface area contributed by atoms with E-state index in [1.807, 2.05) is 0 Å². The zero-order chi connectivity index (χ0) is 14.0. The summed E-state index contributed by atoms with van der Waals surface area (Å²) in [6.07, 6.45) is -0.227. The molecule has 1 aromatic carbocycles. The molecule has 1 aromatic heterocycles. The van der Waals surface area contributed by atoms with Gasteiger partial charge in [-0.05, 0) is 29.5 Å². The Bertz CT molecular complexity index is 614. The number of halogens is 2. The Morgan fingerprint density at radius 2 is 2.21 bits per heavy atom. The largest absolute Gasteiger partial charge is 0.481 e. The van der Waals surface area contributed by atoms with Gasteiger partial charge in [0.2, 0.25) is 0 Å². The number of hydrogen-bond acceptors (Lipinski definition) is 4. The molecular formula is C11H10F2N4O2. The molecule has 1 unspecified atom stereocenters. The van der Waals surface area contributed by atoms with Crippen LogP contribution in [0.3, 0.4) is 0 Å². The highest BCUT2D eigenvalue weighted by atomic mass is 19.2. The molecule has 0 radical (unpaired) electrons. The molecule has 1 heterocycles. The zero-order valence-electron chi connectivity index (χ0n) is 9.92. The van der Waals surface area contributed by atoms with Crippen LogP contribution in [0.4, 0.5) is 8.78 Å². The summed E-state index contributed by atoms with van der Waals surface area (Å²) in [5.41, 5.74) is -0.109. The molecule has 0 amide bonds. The lowest BCUT2D eigenvalue weighted by atomic mass is 10.1. The number of benzene rings is 1. The molecule has 2 aromatic rings. The molecule has 2 rings (SSSR count). The third kappa shape index (κ3) is 2.56. The summed E-state index contributed by atoms with van der Waals surface area (Å²) in [5, 5.41) is 19.3. The van der Waals surface area contributed by atoms with Crippen molar-refractivity contribution in [3.8, 4) is 11.4 Å². The van der Waals surface area contributed by atoms with Gasteiger partial charge < -0.3 is 5.11 Å². The van der Waals surface area contributed by atoms with E-state index in [-0.39, 0.29) is 17.8 Å². The molecule has 6 nitrogen and oxygen atoms in total. The monoisotopic (exact) mass is 268 g/mol. The van der Waals surface area contributed by atoms with Crippen molar-refractivity contribution in [2.75, 3.05) is 0 Å². The second kappa shape index (κ2) is 5.09. The summed E-state index contributed by atoms with van der Waals surface area (Å²) in [6, 6.07) is 3.06. The van der Waals surface area contributed by atoms with Crippen LogP contribution in [0.25, 0.3) is 11.4 Å². The van der Waals surface area contributed by atoms with Gasteiger partial charge in [-0.3, -0.25) is 4.79 Å². The van der Waals surface area contributed by atoms with E-state index in [9.17, 15) is 13.6 Å². The Hall–Kier alpha value is -2.38. The molecule has 0 spiro atoms. The maximum atomic E-state index is 13.7. The van der Waals surface area contributed by atoms with E-state index in [1.165, 1.54) is 12.1 Å². The highest BCUT2D eigenvalue weighted by Crippen LogP contribution is 2.24. The summed E-state index contributed by atoms with van der Waals surface area (Å²) < 4.78 is 28.0. The lowest BCUT2D eigenvalue weighted by Crippen LogP contribution is -2.13. The van der Waals surface area contributed by atoms with Gasteiger partial charge >= 0.3 is 5.97 Å². The van der Waals surface area contributed by atoms with Crippen LogP contribution in [0.1, 0.15) is 19.4 Å². The van der Waals surface area contributed by atoms with Crippen molar-refractivity contribution in [1.82, 2.24) is 20.2 Å². The lowest BCUT2D eigenvalue weighted by Gasteiger charge is -2.11. The molecule has 0 saturated carbocycles. The van der Waals surface area contributed by atoms with Crippen molar-refractivity contribution in [2.45, 2.75) is 19.4 Å². The number of hydrogen-bond donors (Lipinski definition) is 1. The fraction of sp³-hybridized carbons (Fsp3) is 0.273. The smallest absolute Gasteiger partial charge is 0.305 e. The first kappa shape index (κ1) is 13.1. The van der Waals surface area contributed by atoms with Crippen molar-refractivity contribution in [3.63, 3.8) is 0 Å². The number of nitrogens with zero attached hydrogens (tertiary/aromatic N) is 4. The van der Waals surface area contributed by atoms with E-state index in [4.69, 9.17) is 5.11 Å². The minimum atomic E-state index is -1.07.